The molecule has 0 saturated heterocycles. The van der Waals surface area contributed by atoms with Crippen LogP contribution >= 0.6 is 0 Å². The molecule has 0 radical (unpaired) electrons. The molecule has 0 unspecified atom stereocenters. The molecule has 92 valence electrons. The zero-order valence-corrected chi connectivity index (χ0v) is 10.2. The number of imidazole rings is 1. The monoisotopic (exact) mass is 234 g/mol. The van der Waals surface area contributed by atoms with E-state index in [0.29, 0.717) is 6.04 Å². The number of hydrogen-bond acceptors (Lipinski definition) is 4. The van der Waals surface area contributed by atoms with Crippen molar-refractivity contribution in [2.45, 2.75) is 39.5 Å². The molecular formula is C11H18N6. The van der Waals surface area contributed by atoms with E-state index in [9.17, 15) is 0 Å². The average molecular weight is 234 g/mol. The first-order chi connectivity index (χ1) is 8.24. The molecule has 0 fully saturated rings. The molecule has 6 nitrogen and oxygen atoms in total. The molecule has 2 rings (SSSR count). The maximum Gasteiger partial charge on any atom is 0.0964 e. The van der Waals surface area contributed by atoms with Crippen molar-refractivity contribution >= 4 is 0 Å². The Morgan fingerprint density at radius 3 is 2.94 bits per heavy atom. The van der Waals surface area contributed by atoms with Gasteiger partial charge >= 0.3 is 0 Å². The summed E-state index contributed by atoms with van der Waals surface area (Å²) in [5.41, 5.74) is 0.976. The summed E-state index contributed by atoms with van der Waals surface area (Å²) in [5.74, 6) is 0. The summed E-state index contributed by atoms with van der Waals surface area (Å²) in [7, 11) is 0. The first-order valence-corrected chi connectivity index (χ1v) is 5.82. The highest BCUT2D eigenvalue weighted by Crippen LogP contribution is 1.95. The van der Waals surface area contributed by atoms with Gasteiger partial charge in [-0.25, -0.2) is 4.98 Å². The van der Waals surface area contributed by atoms with E-state index in [1.54, 1.807) is 12.5 Å². The Morgan fingerprint density at radius 2 is 2.24 bits per heavy atom. The second kappa shape index (κ2) is 5.58. The third kappa shape index (κ3) is 3.67. The highest BCUT2D eigenvalue weighted by Gasteiger charge is 2.01. The van der Waals surface area contributed by atoms with Crippen LogP contribution in [-0.2, 0) is 19.6 Å². The van der Waals surface area contributed by atoms with Crippen LogP contribution in [0.15, 0.2) is 24.9 Å². The van der Waals surface area contributed by atoms with E-state index in [2.05, 4.69) is 34.5 Å². The number of nitrogens with zero attached hydrogens (tertiary/aromatic N) is 5. The molecule has 0 aliphatic rings. The quantitative estimate of drug-likeness (QED) is 0.798. The van der Waals surface area contributed by atoms with E-state index >= 15 is 0 Å². The lowest BCUT2D eigenvalue weighted by molar-refractivity contribution is 0.519. The molecule has 6 heteroatoms. The van der Waals surface area contributed by atoms with E-state index in [4.69, 9.17) is 0 Å². The molecule has 2 aromatic rings. The predicted octanol–water partition coefficient (Wildman–Crippen LogP) is 0.673. The van der Waals surface area contributed by atoms with Crippen LogP contribution in [0.1, 0.15) is 19.5 Å². The van der Waals surface area contributed by atoms with Gasteiger partial charge in [-0.05, 0) is 0 Å². The summed E-state index contributed by atoms with van der Waals surface area (Å²) in [6.45, 7) is 6.67. The first-order valence-electron chi connectivity index (χ1n) is 5.82. The van der Waals surface area contributed by atoms with Crippen LogP contribution in [0.4, 0.5) is 0 Å². The van der Waals surface area contributed by atoms with Gasteiger partial charge in [-0.3, -0.25) is 4.68 Å². The molecule has 0 amide bonds. The second-order valence-corrected chi connectivity index (χ2v) is 4.31. The molecule has 0 aliphatic carbocycles. The molecule has 0 atom stereocenters. The summed E-state index contributed by atoms with van der Waals surface area (Å²) in [6, 6.07) is 0.464. The van der Waals surface area contributed by atoms with Gasteiger partial charge in [0.05, 0.1) is 18.6 Å². The van der Waals surface area contributed by atoms with Crippen LogP contribution in [0.2, 0.25) is 0 Å². The zero-order valence-electron chi connectivity index (χ0n) is 10.2. The first kappa shape index (κ1) is 11.8. The molecule has 2 heterocycles. The lowest BCUT2D eigenvalue weighted by Crippen LogP contribution is -2.21. The second-order valence-electron chi connectivity index (χ2n) is 4.31. The lowest BCUT2D eigenvalue weighted by Gasteiger charge is -2.04. The summed E-state index contributed by atoms with van der Waals surface area (Å²) < 4.78 is 3.88. The zero-order chi connectivity index (χ0) is 12.1. The molecule has 17 heavy (non-hydrogen) atoms. The third-order valence-electron chi connectivity index (χ3n) is 2.42. The number of aromatic nitrogens is 5. The Balaban J connectivity index is 1.81. The standard InChI is InChI=1S/C11H18N6/c1-10(2)13-7-11-8-17(15-14-11)6-5-16-4-3-12-9-16/h3-4,8-10,13H,5-7H2,1-2H3. The van der Waals surface area contributed by atoms with E-state index in [0.717, 1.165) is 25.3 Å². The SMILES string of the molecule is CC(C)NCc1cn(CCn2ccnc2)nn1. The molecule has 0 aromatic carbocycles. The number of rotatable bonds is 6. The minimum absolute atomic E-state index is 0.464. The Morgan fingerprint density at radius 1 is 1.35 bits per heavy atom. The summed E-state index contributed by atoms with van der Waals surface area (Å²) in [6.07, 6.45) is 7.50. The van der Waals surface area contributed by atoms with Gasteiger partial charge in [0.2, 0.25) is 0 Å². The lowest BCUT2D eigenvalue weighted by atomic mass is 10.3. The minimum atomic E-state index is 0.464. The van der Waals surface area contributed by atoms with E-state index in [-0.39, 0.29) is 0 Å². The summed E-state index contributed by atoms with van der Waals surface area (Å²) >= 11 is 0. The van der Waals surface area contributed by atoms with Gasteiger partial charge in [-0.2, -0.15) is 0 Å². The fraction of sp³-hybridized carbons (Fsp3) is 0.545. The van der Waals surface area contributed by atoms with Crippen LogP contribution in [0.5, 0.6) is 0 Å². The largest absolute Gasteiger partial charge is 0.336 e. The molecular weight excluding hydrogens is 216 g/mol. The van der Waals surface area contributed by atoms with Gasteiger partial charge in [-0.1, -0.05) is 19.1 Å². The van der Waals surface area contributed by atoms with Crippen molar-refractivity contribution in [2.75, 3.05) is 0 Å². The number of hydrogen-bond donors (Lipinski definition) is 1. The van der Waals surface area contributed by atoms with Crippen molar-refractivity contribution < 1.29 is 0 Å². The van der Waals surface area contributed by atoms with Crippen LogP contribution in [0.3, 0.4) is 0 Å². The molecule has 0 spiro atoms. The van der Waals surface area contributed by atoms with Crippen LogP contribution in [0.25, 0.3) is 0 Å². The Bertz CT molecular complexity index is 431. The number of aryl methyl sites for hydroxylation is 2. The third-order valence-corrected chi connectivity index (χ3v) is 2.42. The predicted molar refractivity (Wildman–Crippen MR) is 64.2 cm³/mol. The fourth-order valence-corrected chi connectivity index (χ4v) is 1.47. The highest BCUT2D eigenvalue weighted by molar-refractivity contribution is 4.91. The summed E-state index contributed by atoms with van der Waals surface area (Å²) in [4.78, 5) is 4.00. The van der Waals surface area contributed by atoms with Gasteiger partial charge in [0.1, 0.15) is 0 Å². The molecule has 0 bridgehead atoms. The van der Waals surface area contributed by atoms with E-state index in [1.807, 2.05) is 21.6 Å². The van der Waals surface area contributed by atoms with Crippen molar-refractivity contribution in [3.63, 3.8) is 0 Å². The smallest absolute Gasteiger partial charge is 0.0964 e. The van der Waals surface area contributed by atoms with E-state index < -0.39 is 0 Å². The Hall–Kier alpha value is -1.69. The van der Waals surface area contributed by atoms with Crippen molar-refractivity contribution in [1.29, 1.82) is 0 Å². The van der Waals surface area contributed by atoms with Gasteiger partial charge in [0, 0.05) is 37.7 Å². The van der Waals surface area contributed by atoms with Crippen molar-refractivity contribution in [2.24, 2.45) is 0 Å². The van der Waals surface area contributed by atoms with E-state index in [1.165, 1.54) is 0 Å². The normalized spacial score (nSPS) is 11.2. The van der Waals surface area contributed by atoms with Crippen LogP contribution in [-0.4, -0.2) is 30.6 Å². The van der Waals surface area contributed by atoms with Crippen molar-refractivity contribution in [3.8, 4) is 0 Å². The average Bonchev–Trinajstić information content (AvgIpc) is 2.95. The van der Waals surface area contributed by atoms with Gasteiger partial charge < -0.3 is 9.88 Å². The number of nitrogens with one attached hydrogen (secondary N) is 1. The molecule has 1 N–H and O–H groups in total. The molecule has 0 saturated carbocycles. The van der Waals surface area contributed by atoms with Gasteiger partial charge in [0.15, 0.2) is 0 Å². The maximum atomic E-state index is 4.11. The van der Waals surface area contributed by atoms with Crippen LogP contribution in [0, 0.1) is 0 Å². The van der Waals surface area contributed by atoms with Gasteiger partial charge in [0.25, 0.3) is 0 Å². The maximum absolute atomic E-state index is 4.11. The molecule has 2 aromatic heterocycles. The minimum Gasteiger partial charge on any atom is -0.336 e. The Labute approximate surface area is 101 Å². The topological polar surface area (TPSA) is 60.6 Å². The van der Waals surface area contributed by atoms with Crippen molar-refractivity contribution in [1.82, 2.24) is 29.9 Å². The molecule has 0 aliphatic heterocycles. The fourth-order valence-electron chi connectivity index (χ4n) is 1.47. The Kier molecular flexibility index (Phi) is 3.87. The van der Waals surface area contributed by atoms with Crippen LogP contribution < -0.4 is 5.32 Å². The van der Waals surface area contributed by atoms with Crippen molar-refractivity contribution in [3.05, 3.63) is 30.6 Å². The summed E-state index contributed by atoms with van der Waals surface area (Å²) in [5, 5.41) is 11.5. The van der Waals surface area contributed by atoms with Gasteiger partial charge in [-0.15, -0.1) is 5.10 Å². The highest BCUT2D eigenvalue weighted by atomic mass is 15.4.